The Morgan fingerprint density at radius 3 is 2.49 bits per heavy atom. The van der Waals surface area contributed by atoms with Gasteiger partial charge in [0.05, 0.1) is 17.2 Å². The van der Waals surface area contributed by atoms with Crippen molar-refractivity contribution >= 4 is 11.9 Å². The van der Waals surface area contributed by atoms with Crippen molar-refractivity contribution in [2.75, 3.05) is 18.4 Å². The summed E-state index contributed by atoms with van der Waals surface area (Å²) in [7, 11) is 0. The van der Waals surface area contributed by atoms with Crippen LogP contribution in [0.3, 0.4) is 0 Å². The van der Waals surface area contributed by atoms with E-state index in [1.165, 1.54) is 12.1 Å². The number of alkyl halides is 3. The van der Waals surface area contributed by atoms with E-state index >= 15 is 0 Å². The molecule has 3 heterocycles. The predicted octanol–water partition coefficient (Wildman–Crippen LogP) is 4.75. The maximum absolute atomic E-state index is 14.4. The second-order valence-corrected chi connectivity index (χ2v) is 8.58. The number of anilines is 1. The second-order valence-electron chi connectivity index (χ2n) is 8.58. The number of benzene rings is 1. The van der Waals surface area contributed by atoms with Crippen LogP contribution in [-0.2, 0) is 6.18 Å². The molecule has 2 atom stereocenters. The minimum atomic E-state index is -4.52. The summed E-state index contributed by atoms with van der Waals surface area (Å²) in [6, 6.07) is 3.88. The number of hydrogen-bond donors (Lipinski definition) is 1. The summed E-state index contributed by atoms with van der Waals surface area (Å²) >= 11 is 0. The van der Waals surface area contributed by atoms with Gasteiger partial charge < -0.3 is 10.2 Å². The van der Waals surface area contributed by atoms with Crippen molar-refractivity contribution in [3.8, 4) is 11.4 Å². The summed E-state index contributed by atoms with van der Waals surface area (Å²) < 4.78 is 52.7. The SMILES string of the molecule is Cc1cc(F)cc(C(=O)N2CCCC(C)C2CNc2ncc(C(F)(F)F)cn2)c1-c1ncccn1. The summed E-state index contributed by atoms with van der Waals surface area (Å²) in [5, 5.41) is 2.95. The van der Waals surface area contributed by atoms with Gasteiger partial charge in [-0.1, -0.05) is 6.92 Å². The molecular weight excluding hydrogens is 464 g/mol. The molecule has 1 saturated heterocycles. The summed E-state index contributed by atoms with van der Waals surface area (Å²) in [5.74, 6) is -0.458. The van der Waals surface area contributed by atoms with Gasteiger partial charge in [0.25, 0.3) is 5.91 Å². The first kappa shape index (κ1) is 24.5. The van der Waals surface area contributed by atoms with Crippen LogP contribution >= 0.6 is 0 Å². The van der Waals surface area contributed by atoms with Crippen molar-refractivity contribution < 1.29 is 22.4 Å². The highest BCUT2D eigenvalue weighted by atomic mass is 19.4. The molecule has 0 bridgehead atoms. The fourth-order valence-electron chi connectivity index (χ4n) is 4.37. The number of piperidine rings is 1. The number of aromatic nitrogens is 4. The number of hydrogen-bond acceptors (Lipinski definition) is 6. The van der Waals surface area contributed by atoms with Crippen molar-refractivity contribution in [1.29, 1.82) is 0 Å². The second kappa shape index (κ2) is 9.93. The first-order valence-electron chi connectivity index (χ1n) is 11.2. The van der Waals surface area contributed by atoms with E-state index in [0.29, 0.717) is 35.9 Å². The molecule has 184 valence electrons. The van der Waals surface area contributed by atoms with E-state index in [1.807, 2.05) is 6.92 Å². The van der Waals surface area contributed by atoms with Crippen molar-refractivity contribution in [3.63, 3.8) is 0 Å². The van der Waals surface area contributed by atoms with Crippen LogP contribution in [0.15, 0.2) is 43.0 Å². The van der Waals surface area contributed by atoms with Gasteiger partial charge >= 0.3 is 6.18 Å². The molecule has 1 aromatic carbocycles. The Morgan fingerprint density at radius 1 is 1.14 bits per heavy atom. The number of amides is 1. The van der Waals surface area contributed by atoms with Gasteiger partial charge in [-0.3, -0.25) is 4.79 Å². The molecule has 1 N–H and O–H groups in total. The molecule has 0 spiro atoms. The van der Waals surface area contributed by atoms with Crippen LogP contribution in [0.4, 0.5) is 23.5 Å². The van der Waals surface area contributed by atoms with Gasteiger partial charge in [-0.2, -0.15) is 13.2 Å². The number of aryl methyl sites for hydroxylation is 1. The molecule has 1 fully saturated rings. The standard InChI is InChI=1S/C24H24F4N6O/c1-14-5-3-8-34(19(14)13-33-23-31-11-16(12-32-23)24(26,27)28)22(35)18-10-17(25)9-15(2)20(18)21-29-6-4-7-30-21/h4,6-7,9-12,14,19H,3,5,8,13H2,1-2H3,(H,31,32,33). The lowest BCUT2D eigenvalue weighted by molar-refractivity contribution is -0.138. The monoisotopic (exact) mass is 488 g/mol. The van der Waals surface area contributed by atoms with E-state index < -0.39 is 17.6 Å². The molecule has 2 unspecified atom stereocenters. The molecule has 35 heavy (non-hydrogen) atoms. The largest absolute Gasteiger partial charge is 0.419 e. The van der Waals surface area contributed by atoms with E-state index in [4.69, 9.17) is 0 Å². The molecule has 3 aromatic rings. The van der Waals surface area contributed by atoms with E-state index in [2.05, 4.69) is 25.3 Å². The normalized spacial score (nSPS) is 18.4. The van der Waals surface area contributed by atoms with E-state index in [0.717, 1.165) is 12.8 Å². The minimum absolute atomic E-state index is 0.0307. The van der Waals surface area contributed by atoms with Crippen molar-refractivity contribution in [2.45, 2.75) is 38.9 Å². The molecular formula is C24H24F4N6O. The molecule has 4 rings (SSSR count). The maximum Gasteiger partial charge on any atom is 0.419 e. The Balaban J connectivity index is 1.60. The van der Waals surface area contributed by atoms with Crippen LogP contribution in [-0.4, -0.2) is 49.9 Å². The van der Waals surface area contributed by atoms with E-state index in [1.54, 1.807) is 30.3 Å². The third-order valence-electron chi connectivity index (χ3n) is 6.15. The highest BCUT2D eigenvalue weighted by Gasteiger charge is 2.35. The van der Waals surface area contributed by atoms with Gasteiger partial charge in [0.15, 0.2) is 5.82 Å². The maximum atomic E-state index is 14.4. The lowest BCUT2D eigenvalue weighted by Gasteiger charge is -2.40. The zero-order valence-corrected chi connectivity index (χ0v) is 19.2. The molecule has 0 aliphatic carbocycles. The van der Waals surface area contributed by atoms with Gasteiger partial charge in [0.2, 0.25) is 5.95 Å². The molecule has 1 aliphatic heterocycles. The van der Waals surface area contributed by atoms with Crippen LogP contribution in [0, 0.1) is 18.7 Å². The quantitative estimate of drug-likeness (QED) is 0.522. The fourth-order valence-corrected chi connectivity index (χ4v) is 4.37. The molecule has 2 aromatic heterocycles. The molecule has 1 aliphatic rings. The smallest absolute Gasteiger partial charge is 0.352 e. The molecule has 1 amide bonds. The number of carbonyl (C=O) groups is 1. The number of halogens is 4. The highest BCUT2D eigenvalue weighted by molar-refractivity contribution is 6.01. The average molecular weight is 488 g/mol. The first-order valence-corrected chi connectivity index (χ1v) is 11.2. The lowest BCUT2D eigenvalue weighted by atomic mass is 9.89. The van der Waals surface area contributed by atoms with Crippen molar-refractivity contribution in [3.05, 3.63) is 65.5 Å². The molecule has 0 radical (unpaired) electrons. The third kappa shape index (κ3) is 5.39. The first-order chi connectivity index (χ1) is 16.6. The highest BCUT2D eigenvalue weighted by Crippen LogP contribution is 2.31. The summed E-state index contributed by atoms with van der Waals surface area (Å²) in [5.41, 5.74) is 0.229. The Kier molecular flexibility index (Phi) is 6.95. The summed E-state index contributed by atoms with van der Waals surface area (Å²) in [6.07, 6.45) is 1.64. The zero-order valence-electron chi connectivity index (χ0n) is 19.2. The Bertz CT molecular complexity index is 1190. The number of nitrogens with zero attached hydrogens (tertiary/aromatic N) is 5. The Morgan fingerprint density at radius 2 is 1.83 bits per heavy atom. The molecule has 7 nitrogen and oxygen atoms in total. The van der Waals surface area contributed by atoms with Crippen LogP contribution in [0.25, 0.3) is 11.4 Å². The van der Waals surface area contributed by atoms with Gasteiger partial charge in [0.1, 0.15) is 5.82 Å². The van der Waals surface area contributed by atoms with Crippen LogP contribution in [0.5, 0.6) is 0 Å². The van der Waals surface area contributed by atoms with Crippen LogP contribution in [0.1, 0.15) is 41.3 Å². The number of likely N-dealkylation sites (tertiary alicyclic amines) is 1. The van der Waals surface area contributed by atoms with Crippen molar-refractivity contribution in [1.82, 2.24) is 24.8 Å². The lowest BCUT2D eigenvalue weighted by Crippen LogP contribution is -2.51. The van der Waals surface area contributed by atoms with E-state index in [-0.39, 0.29) is 35.9 Å². The Labute approximate surface area is 199 Å². The number of rotatable bonds is 5. The minimum Gasteiger partial charge on any atom is -0.352 e. The van der Waals surface area contributed by atoms with Gasteiger partial charge in [0, 0.05) is 43.4 Å². The third-order valence-corrected chi connectivity index (χ3v) is 6.15. The topological polar surface area (TPSA) is 83.9 Å². The molecule has 11 heteroatoms. The summed E-state index contributed by atoms with van der Waals surface area (Å²) in [6.45, 7) is 4.38. The van der Waals surface area contributed by atoms with Gasteiger partial charge in [-0.15, -0.1) is 0 Å². The number of carbonyl (C=O) groups excluding carboxylic acids is 1. The summed E-state index contributed by atoms with van der Waals surface area (Å²) in [4.78, 5) is 31.4. The Hall–Kier alpha value is -3.63. The zero-order chi connectivity index (χ0) is 25.2. The molecule has 0 saturated carbocycles. The van der Waals surface area contributed by atoms with E-state index in [9.17, 15) is 22.4 Å². The van der Waals surface area contributed by atoms with Gasteiger partial charge in [-0.05, 0) is 49.4 Å². The van der Waals surface area contributed by atoms with Crippen molar-refractivity contribution in [2.24, 2.45) is 5.92 Å². The van der Waals surface area contributed by atoms with Gasteiger partial charge in [-0.25, -0.2) is 24.3 Å². The fraction of sp³-hybridized carbons (Fsp3) is 0.375. The predicted molar refractivity (Wildman–Crippen MR) is 121 cm³/mol. The van der Waals surface area contributed by atoms with Crippen LogP contribution < -0.4 is 5.32 Å². The number of nitrogens with one attached hydrogen (secondary N) is 1. The van der Waals surface area contributed by atoms with Crippen LogP contribution in [0.2, 0.25) is 0 Å². The average Bonchev–Trinajstić information content (AvgIpc) is 2.82.